The van der Waals surface area contributed by atoms with Gasteiger partial charge in [-0.3, -0.25) is 4.79 Å². The lowest BCUT2D eigenvalue weighted by atomic mass is 10.1. The van der Waals surface area contributed by atoms with Crippen molar-refractivity contribution in [2.45, 2.75) is 23.8 Å². The summed E-state index contributed by atoms with van der Waals surface area (Å²) in [4.78, 5) is 22.3. The Morgan fingerprint density at radius 1 is 1.79 bits per heavy atom. The lowest BCUT2D eigenvalue weighted by Crippen LogP contribution is -2.31. The summed E-state index contributed by atoms with van der Waals surface area (Å²) in [5.74, 6) is -2.29. The van der Waals surface area contributed by atoms with Gasteiger partial charge in [-0.2, -0.15) is 0 Å². The number of halogens is 2. The second-order valence-corrected chi connectivity index (χ2v) is 4.78. The van der Waals surface area contributed by atoms with Gasteiger partial charge in [0.25, 0.3) is 0 Å². The molecule has 2 fully saturated rings. The van der Waals surface area contributed by atoms with Gasteiger partial charge in [-0.25, -0.2) is 9.18 Å². The average molecular weight is 265 g/mol. The van der Waals surface area contributed by atoms with Gasteiger partial charge in [0, 0.05) is 5.92 Å². The topological polar surface area (TPSA) is 43.4 Å². The molecule has 2 aliphatic carbocycles. The first-order valence-corrected chi connectivity index (χ1v) is 5.49. The van der Waals surface area contributed by atoms with Crippen LogP contribution in [0.5, 0.6) is 0 Å². The molecule has 0 aromatic carbocycles. The van der Waals surface area contributed by atoms with E-state index in [1.54, 1.807) is 6.92 Å². The highest BCUT2D eigenvalue weighted by Crippen LogP contribution is 2.63. The Morgan fingerprint density at radius 2 is 2.43 bits per heavy atom. The molecule has 0 aromatic heterocycles. The molecule has 0 N–H and O–H groups in total. The van der Waals surface area contributed by atoms with Crippen molar-refractivity contribution in [3.05, 3.63) is 0 Å². The lowest BCUT2D eigenvalue weighted by Gasteiger charge is -2.11. The second-order valence-electron chi connectivity index (χ2n) is 3.68. The summed E-state index contributed by atoms with van der Waals surface area (Å²) in [6, 6.07) is 0. The van der Waals surface area contributed by atoms with Crippen LogP contribution in [0.1, 0.15) is 13.3 Å². The number of hydrogen-bond acceptors (Lipinski definition) is 3. The number of hydrogen-bond donors (Lipinski definition) is 0. The monoisotopic (exact) mass is 264 g/mol. The molecule has 3 nitrogen and oxygen atoms in total. The van der Waals surface area contributed by atoms with Crippen LogP contribution in [0, 0.1) is 11.8 Å². The summed E-state index contributed by atoms with van der Waals surface area (Å²) < 4.78 is 18.5. The van der Waals surface area contributed by atoms with Crippen molar-refractivity contribution < 1.29 is 18.7 Å². The van der Waals surface area contributed by atoms with E-state index >= 15 is 0 Å². The summed E-state index contributed by atoms with van der Waals surface area (Å²) in [7, 11) is 0. The number of carbonyl (C=O) groups excluding carboxylic acids is 2. The second kappa shape index (κ2) is 3.02. The minimum atomic E-state index is -2.02. The highest BCUT2D eigenvalue weighted by molar-refractivity contribution is 9.10. The molecule has 0 spiro atoms. The van der Waals surface area contributed by atoms with Crippen molar-refractivity contribution in [2.24, 2.45) is 11.8 Å². The molecule has 0 amide bonds. The van der Waals surface area contributed by atoms with Crippen LogP contribution in [-0.4, -0.2) is 28.9 Å². The van der Waals surface area contributed by atoms with Crippen LogP contribution >= 0.6 is 15.9 Å². The summed E-state index contributed by atoms with van der Waals surface area (Å²) in [6.07, 6.45) is 0.402. The summed E-state index contributed by atoms with van der Waals surface area (Å²) in [5.41, 5.74) is -2.02. The quantitative estimate of drug-likeness (QED) is 0.557. The van der Waals surface area contributed by atoms with Crippen LogP contribution in [0.25, 0.3) is 0 Å². The third-order valence-corrected chi connectivity index (χ3v) is 3.77. The number of ether oxygens (including phenoxy) is 1. The zero-order chi connectivity index (χ0) is 10.5. The highest BCUT2D eigenvalue weighted by Gasteiger charge is 2.79. The number of fused-ring (bicyclic) bond motifs is 1. The highest BCUT2D eigenvalue weighted by atomic mass is 79.9. The fourth-order valence-electron chi connectivity index (χ4n) is 2.19. The lowest BCUT2D eigenvalue weighted by molar-refractivity contribution is -0.153. The van der Waals surface area contributed by atoms with Crippen molar-refractivity contribution in [1.82, 2.24) is 0 Å². The van der Waals surface area contributed by atoms with Gasteiger partial charge in [0.1, 0.15) is 0 Å². The van der Waals surface area contributed by atoms with Crippen molar-refractivity contribution >= 4 is 27.7 Å². The minimum Gasteiger partial charge on any atom is -0.464 e. The van der Waals surface area contributed by atoms with Crippen molar-refractivity contribution in [3.8, 4) is 0 Å². The molecular formula is C9H10BrFO3. The molecule has 0 aliphatic heterocycles. The zero-order valence-electron chi connectivity index (χ0n) is 7.63. The maximum absolute atomic E-state index is 13.9. The number of carbonyl (C=O) groups is 2. The molecular weight excluding hydrogens is 255 g/mol. The number of rotatable bonds is 2. The Balaban J connectivity index is 2.10. The van der Waals surface area contributed by atoms with E-state index in [1.807, 2.05) is 0 Å². The van der Waals surface area contributed by atoms with E-state index in [0.29, 0.717) is 6.42 Å². The maximum atomic E-state index is 13.9. The third kappa shape index (κ3) is 1.08. The van der Waals surface area contributed by atoms with Crippen LogP contribution in [0.4, 0.5) is 4.39 Å². The molecule has 0 unspecified atom stereocenters. The van der Waals surface area contributed by atoms with Crippen molar-refractivity contribution in [1.29, 1.82) is 0 Å². The van der Waals surface area contributed by atoms with Gasteiger partial charge in [0.05, 0.1) is 17.4 Å². The summed E-state index contributed by atoms with van der Waals surface area (Å²) in [6.45, 7) is 1.77. The molecule has 78 valence electrons. The van der Waals surface area contributed by atoms with Crippen molar-refractivity contribution in [2.75, 3.05) is 6.61 Å². The van der Waals surface area contributed by atoms with E-state index in [0.717, 1.165) is 0 Å². The molecule has 2 aliphatic rings. The van der Waals surface area contributed by atoms with Gasteiger partial charge in [-0.05, 0) is 13.3 Å². The Bertz CT molecular complexity index is 306. The van der Waals surface area contributed by atoms with Gasteiger partial charge < -0.3 is 4.74 Å². The number of alkyl halides is 2. The molecule has 0 bridgehead atoms. The van der Waals surface area contributed by atoms with Gasteiger partial charge in [0.2, 0.25) is 5.67 Å². The van der Waals surface area contributed by atoms with Gasteiger partial charge in [-0.1, -0.05) is 15.9 Å². The largest absolute Gasteiger partial charge is 0.464 e. The predicted octanol–water partition coefficient (Wildman–Crippen LogP) is 1.24. The standard InChI is InChI=1S/C9H10BrFO3/c1-2-14-8(13)9(11)4-3-5(10)7(12)6(4)9/h4-6H,2-3H2,1H3/t4-,5-,6-,9-/m0/s1. The Labute approximate surface area is 89.1 Å². The first-order valence-electron chi connectivity index (χ1n) is 4.57. The fraction of sp³-hybridized carbons (Fsp3) is 0.778. The predicted molar refractivity (Wildman–Crippen MR) is 49.8 cm³/mol. The maximum Gasteiger partial charge on any atom is 0.344 e. The smallest absolute Gasteiger partial charge is 0.344 e. The summed E-state index contributed by atoms with van der Waals surface area (Å²) in [5, 5.41) is 0. The molecule has 2 saturated carbocycles. The Hall–Kier alpha value is -0.450. The van der Waals surface area contributed by atoms with Crippen molar-refractivity contribution in [3.63, 3.8) is 0 Å². The van der Waals surface area contributed by atoms with Gasteiger partial charge >= 0.3 is 5.97 Å². The van der Waals surface area contributed by atoms with Crippen LogP contribution in [0.15, 0.2) is 0 Å². The normalized spacial score (nSPS) is 44.8. The van der Waals surface area contributed by atoms with E-state index in [9.17, 15) is 14.0 Å². The molecule has 5 heteroatoms. The molecule has 14 heavy (non-hydrogen) atoms. The molecule has 4 atom stereocenters. The van der Waals surface area contributed by atoms with E-state index in [1.165, 1.54) is 0 Å². The van der Waals surface area contributed by atoms with Crippen LogP contribution in [0.2, 0.25) is 0 Å². The Morgan fingerprint density at radius 3 is 2.86 bits per heavy atom. The van der Waals surface area contributed by atoms with Crippen LogP contribution in [-0.2, 0) is 14.3 Å². The zero-order valence-corrected chi connectivity index (χ0v) is 9.21. The van der Waals surface area contributed by atoms with Gasteiger partial charge in [0.15, 0.2) is 5.78 Å². The SMILES string of the molecule is CCOC(=O)[C@@]1(F)[C@@H]2C(=O)[C@@H](Br)C[C@@H]21. The molecule has 0 saturated heterocycles. The fourth-order valence-corrected chi connectivity index (χ4v) is 2.88. The number of Topliss-reactive ketones (excluding diaryl/α,β-unsaturated/α-hetero) is 1. The average Bonchev–Trinajstić information content (AvgIpc) is 2.58. The van der Waals surface area contributed by atoms with E-state index in [2.05, 4.69) is 20.7 Å². The minimum absolute atomic E-state index is 0.149. The molecule has 2 rings (SSSR count). The molecule has 0 aromatic rings. The van der Waals surface area contributed by atoms with E-state index in [-0.39, 0.29) is 17.2 Å². The van der Waals surface area contributed by atoms with E-state index in [4.69, 9.17) is 0 Å². The summed E-state index contributed by atoms with van der Waals surface area (Å²) >= 11 is 3.15. The Kier molecular flexibility index (Phi) is 2.17. The van der Waals surface area contributed by atoms with E-state index < -0.39 is 23.5 Å². The van der Waals surface area contributed by atoms with Crippen LogP contribution < -0.4 is 0 Å². The number of ketones is 1. The first kappa shape index (κ1) is 10.1. The molecule has 0 heterocycles. The number of esters is 1. The van der Waals surface area contributed by atoms with Gasteiger partial charge in [-0.15, -0.1) is 0 Å². The third-order valence-electron chi connectivity index (χ3n) is 2.95. The molecule has 0 radical (unpaired) electrons. The van der Waals surface area contributed by atoms with Crippen LogP contribution in [0.3, 0.4) is 0 Å². The first-order chi connectivity index (χ1) is 6.53.